The molecule has 0 radical (unpaired) electrons. The highest BCUT2D eigenvalue weighted by atomic mass is 127. The van der Waals surface area contributed by atoms with E-state index in [1.807, 2.05) is 19.1 Å². The molecule has 162 valence electrons. The van der Waals surface area contributed by atoms with E-state index in [9.17, 15) is 0 Å². The SMILES string of the molecule is CCNC(=NCC(C)(C)c1ccc(OC)c(OC)c1)NCCc1csc(C)n1.I. The van der Waals surface area contributed by atoms with Crippen molar-refractivity contribution >= 4 is 41.3 Å². The summed E-state index contributed by atoms with van der Waals surface area (Å²) in [6, 6.07) is 6.04. The Labute approximate surface area is 195 Å². The number of aromatic nitrogens is 1. The zero-order valence-electron chi connectivity index (χ0n) is 18.2. The number of ether oxygens (including phenoxy) is 2. The van der Waals surface area contributed by atoms with Crippen molar-refractivity contribution in [3.05, 3.63) is 39.8 Å². The van der Waals surface area contributed by atoms with Gasteiger partial charge >= 0.3 is 0 Å². The van der Waals surface area contributed by atoms with Crippen molar-refractivity contribution in [3.8, 4) is 11.5 Å². The molecule has 1 heterocycles. The number of nitrogens with one attached hydrogen (secondary N) is 2. The molecule has 0 atom stereocenters. The average molecular weight is 532 g/mol. The number of halogens is 1. The van der Waals surface area contributed by atoms with Crippen LogP contribution < -0.4 is 20.1 Å². The van der Waals surface area contributed by atoms with Gasteiger partial charge in [-0.25, -0.2) is 4.98 Å². The Morgan fingerprint density at radius 1 is 1.17 bits per heavy atom. The van der Waals surface area contributed by atoms with E-state index in [4.69, 9.17) is 14.5 Å². The smallest absolute Gasteiger partial charge is 0.191 e. The molecule has 2 rings (SSSR count). The molecule has 0 aliphatic rings. The number of guanidine groups is 1. The van der Waals surface area contributed by atoms with Crippen LogP contribution in [0.25, 0.3) is 0 Å². The fourth-order valence-corrected chi connectivity index (χ4v) is 3.45. The number of hydrogen-bond acceptors (Lipinski definition) is 5. The van der Waals surface area contributed by atoms with Gasteiger partial charge in [-0.15, -0.1) is 35.3 Å². The van der Waals surface area contributed by atoms with Crippen molar-refractivity contribution in [3.63, 3.8) is 0 Å². The summed E-state index contributed by atoms with van der Waals surface area (Å²) >= 11 is 1.69. The van der Waals surface area contributed by atoms with Gasteiger partial charge in [0.15, 0.2) is 17.5 Å². The lowest BCUT2D eigenvalue weighted by atomic mass is 9.84. The Balaban J connectivity index is 0.00000420. The van der Waals surface area contributed by atoms with Crippen LogP contribution >= 0.6 is 35.3 Å². The van der Waals surface area contributed by atoms with Crippen molar-refractivity contribution in [2.24, 2.45) is 4.99 Å². The van der Waals surface area contributed by atoms with Crippen LogP contribution in [0.5, 0.6) is 11.5 Å². The first-order valence-corrected chi connectivity index (χ1v) is 10.4. The molecule has 29 heavy (non-hydrogen) atoms. The minimum absolute atomic E-state index is 0. The maximum Gasteiger partial charge on any atom is 0.191 e. The van der Waals surface area contributed by atoms with Crippen LogP contribution in [-0.4, -0.2) is 44.8 Å². The summed E-state index contributed by atoms with van der Waals surface area (Å²) in [6.45, 7) is 10.7. The van der Waals surface area contributed by atoms with Crippen LogP contribution in [0.2, 0.25) is 0 Å². The second-order valence-corrected chi connectivity index (χ2v) is 8.25. The Bertz CT molecular complexity index is 793. The number of nitrogens with zero attached hydrogens (tertiary/aromatic N) is 2. The van der Waals surface area contributed by atoms with E-state index in [0.717, 1.165) is 53.2 Å². The van der Waals surface area contributed by atoms with Crippen LogP contribution in [0.1, 0.15) is 37.0 Å². The lowest BCUT2D eigenvalue weighted by Gasteiger charge is -2.25. The zero-order valence-corrected chi connectivity index (χ0v) is 21.3. The van der Waals surface area contributed by atoms with Crippen molar-refractivity contribution in [2.75, 3.05) is 33.9 Å². The van der Waals surface area contributed by atoms with E-state index in [0.29, 0.717) is 6.54 Å². The summed E-state index contributed by atoms with van der Waals surface area (Å²) in [6.07, 6.45) is 0.883. The van der Waals surface area contributed by atoms with Crippen molar-refractivity contribution < 1.29 is 9.47 Å². The van der Waals surface area contributed by atoms with Gasteiger partial charge in [0.2, 0.25) is 0 Å². The average Bonchev–Trinajstić information content (AvgIpc) is 3.10. The van der Waals surface area contributed by atoms with E-state index in [-0.39, 0.29) is 29.4 Å². The Morgan fingerprint density at radius 3 is 2.48 bits per heavy atom. The largest absolute Gasteiger partial charge is 0.493 e. The van der Waals surface area contributed by atoms with E-state index < -0.39 is 0 Å². The van der Waals surface area contributed by atoms with Gasteiger partial charge in [0, 0.05) is 30.3 Å². The molecule has 8 heteroatoms. The minimum Gasteiger partial charge on any atom is -0.493 e. The lowest BCUT2D eigenvalue weighted by Crippen LogP contribution is -2.39. The highest BCUT2D eigenvalue weighted by Crippen LogP contribution is 2.33. The molecule has 0 unspecified atom stereocenters. The monoisotopic (exact) mass is 532 g/mol. The number of thiazole rings is 1. The second kappa shape index (κ2) is 12.2. The molecule has 1 aromatic carbocycles. The van der Waals surface area contributed by atoms with Gasteiger partial charge in [0.25, 0.3) is 0 Å². The fraction of sp³-hybridized carbons (Fsp3) is 0.524. The lowest BCUT2D eigenvalue weighted by molar-refractivity contribution is 0.353. The van der Waals surface area contributed by atoms with Gasteiger partial charge in [-0.3, -0.25) is 4.99 Å². The Morgan fingerprint density at radius 2 is 1.90 bits per heavy atom. The topological polar surface area (TPSA) is 67.8 Å². The Kier molecular flexibility index (Phi) is 10.7. The first kappa shape index (κ1) is 25.5. The third kappa shape index (κ3) is 7.65. The third-order valence-electron chi connectivity index (χ3n) is 4.48. The molecule has 1 aromatic heterocycles. The van der Waals surface area contributed by atoms with E-state index in [1.54, 1.807) is 25.6 Å². The molecule has 0 saturated carbocycles. The van der Waals surface area contributed by atoms with Gasteiger partial charge < -0.3 is 20.1 Å². The highest BCUT2D eigenvalue weighted by Gasteiger charge is 2.22. The zero-order chi connectivity index (χ0) is 20.6. The Hall–Kier alpha value is -1.55. The summed E-state index contributed by atoms with van der Waals surface area (Å²) in [5, 5.41) is 9.93. The molecule has 0 spiro atoms. The molecule has 0 amide bonds. The summed E-state index contributed by atoms with van der Waals surface area (Å²) in [7, 11) is 3.30. The predicted octanol–water partition coefficient (Wildman–Crippen LogP) is 4.16. The van der Waals surface area contributed by atoms with Gasteiger partial charge in [0.05, 0.1) is 31.5 Å². The number of hydrogen-bond donors (Lipinski definition) is 2. The van der Waals surface area contributed by atoms with Crippen LogP contribution in [-0.2, 0) is 11.8 Å². The quantitative estimate of drug-likeness (QED) is 0.289. The number of methoxy groups -OCH3 is 2. The molecule has 2 aromatic rings. The maximum atomic E-state index is 5.44. The van der Waals surface area contributed by atoms with Gasteiger partial charge in [0.1, 0.15) is 0 Å². The molecule has 0 aliphatic heterocycles. The van der Waals surface area contributed by atoms with E-state index in [1.165, 1.54) is 0 Å². The fourth-order valence-electron chi connectivity index (χ4n) is 2.80. The minimum atomic E-state index is -0.145. The van der Waals surface area contributed by atoms with Crippen molar-refractivity contribution in [1.29, 1.82) is 0 Å². The van der Waals surface area contributed by atoms with Crippen LogP contribution in [0.4, 0.5) is 0 Å². The van der Waals surface area contributed by atoms with E-state index >= 15 is 0 Å². The molecule has 6 nitrogen and oxygen atoms in total. The molecular weight excluding hydrogens is 499 g/mol. The first-order valence-electron chi connectivity index (χ1n) is 9.55. The predicted molar refractivity (Wildman–Crippen MR) is 133 cm³/mol. The molecule has 0 saturated heterocycles. The van der Waals surface area contributed by atoms with Crippen molar-refractivity contribution in [1.82, 2.24) is 15.6 Å². The summed E-state index contributed by atoms with van der Waals surface area (Å²) in [5.74, 6) is 2.29. The van der Waals surface area contributed by atoms with Gasteiger partial charge in [-0.2, -0.15) is 0 Å². The number of aryl methyl sites for hydroxylation is 1. The summed E-state index contributed by atoms with van der Waals surface area (Å²) in [5.41, 5.74) is 2.13. The summed E-state index contributed by atoms with van der Waals surface area (Å²) < 4.78 is 10.8. The molecular formula is C21H33IN4O2S. The summed E-state index contributed by atoms with van der Waals surface area (Å²) in [4.78, 5) is 9.31. The molecule has 0 fully saturated rings. The van der Waals surface area contributed by atoms with Crippen molar-refractivity contribution in [2.45, 2.75) is 39.5 Å². The number of benzene rings is 1. The van der Waals surface area contributed by atoms with E-state index in [2.05, 4.69) is 47.8 Å². The molecule has 2 N–H and O–H groups in total. The number of aliphatic imine (C=N–C) groups is 1. The highest BCUT2D eigenvalue weighted by molar-refractivity contribution is 14.0. The molecule has 0 bridgehead atoms. The first-order chi connectivity index (χ1) is 13.4. The van der Waals surface area contributed by atoms with Gasteiger partial charge in [-0.05, 0) is 31.5 Å². The normalized spacial score (nSPS) is 11.6. The van der Waals surface area contributed by atoms with Crippen LogP contribution in [0.3, 0.4) is 0 Å². The van der Waals surface area contributed by atoms with Crippen LogP contribution in [0.15, 0.2) is 28.6 Å². The number of rotatable bonds is 9. The van der Waals surface area contributed by atoms with Gasteiger partial charge in [-0.1, -0.05) is 19.9 Å². The standard InChI is InChI=1S/C21H32N4O2S.HI/c1-7-22-20(23-11-10-17-13-28-15(2)25-17)24-14-21(3,4)16-8-9-18(26-5)19(12-16)27-6;/h8-9,12-13H,7,10-11,14H2,1-6H3,(H2,22,23,24);1H. The van der Waals surface area contributed by atoms with Crippen LogP contribution in [0, 0.1) is 6.92 Å². The maximum absolute atomic E-state index is 5.44. The third-order valence-corrected chi connectivity index (χ3v) is 5.30. The second-order valence-electron chi connectivity index (χ2n) is 7.18. The molecule has 0 aliphatic carbocycles.